The maximum atomic E-state index is 13.4. The minimum atomic E-state index is -0.444. The van der Waals surface area contributed by atoms with Gasteiger partial charge in [0.25, 0.3) is 11.5 Å². The number of carbonyl (C=O) groups excluding carboxylic acids is 2. The van der Waals surface area contributed by atoms with E-state index in [1.807, 2.05) is 6.92 Å². The summed E-state index contributed by atoms with van der Waals surface area (Å²) in [7, 11) is 0. The number of rotatable bonds is 4. The number of nitrogens with one attached hydrogen (secondary N) is 3. The van der Waals surface area contributed by atoms with Crippen LogP contribution in [0.4, 0.5) is 10.1 Å². The molecule has 2 amide bonds. The number of halogens is 2. The number of amides is 2. The van der Waals surface area contributed by atoms with Crippen molar-refractivity contribution in [3.63, 3.8) is 0 Å². The Morgan fingerprint density at radius 2 is 2.12 bits per heavy atom. The van der Waals surface area contributed by atoms with Crippen LogP contribution in [0, 0.1) is 18.8 Å². The minimum Gasteiger partial charge on any atom is -0.332 e. The van der Waals surface area contributed by atoms with Crippen LogP contribution in [0.15, 0.2) is 65.0 Å². The molecule has 1 aliphatic carbocycles. The first-order valence-corrected chi connectivity index (χ1v) is 10.4. The van der Waals surface area contributed by atoms with Crippen LogP contribution in [0.25, 0.3) is 11.1 Å². The molecular weight excluding hydrogens is 435 g/mol. The summed E-state index contributed by atoms with van der Waals surface area (Å²) in [5.41, 5.74) is 2.02. The van der Waals surface area contributed by atoms with Gasteiger partial charge in [0.2, 0.25) is 5.91 Å². The summed E-state index contributed by atoms with van der Waals surface area (Å²) < 4.78 is 13.4. The standard InChI is InChI=1S/C23H20ClFN4O3/c1-12-2-3-14(21-18(24)11-27-29-23(21)32)8-19(12)28-22(31)17-10-26-20(30)9-16(17)13-4-6-15(25)7-5-13/h2-4,6-8,10-11,13,16H,5,9H2,1H3,(H,26,30)(H,28,31)(H,29,32). The lowest BCUT2D eigenvalue weighted by molar-refractivity contribution is -0.122. The monoisotopic (exact) mass is 454 g/mol. The highest BCUT2D eigenvalue weighted by Gasteiger charge is 2.33. The molecule has 0 radical (unpaired) electrons. The average Bonchev–Trinajstić information content (AvgIpc) is 2.76. The molecule has 0 fully saturated rings. The first-order chi connectivity index (χ1) is 15.3. The van der Waals surface area contributed by atoms with Crippen LogP contribution in [0.1, 0.15) is 18.4 Å². The van der Waals surface area contributed by atoms with Gasteiger partial charge in [0, 0.05) is 29.8 Å². The second-order valence-corrected chi connectivity index (χ2v) is 8.14. The topological polar surface area (TPSA) is 104 Å². The van der Waals surface area contributed by atoms with Gasteiger partial charge in [0.1, 0.15) is 5.83 Å². The third-order valence-electron chi connectivity index (χ3n) is 5.64. The summed E-state index contributed by atoms with van der Waals surface area (Å²) in [5.74, 6) is -1.45. The fourth-order valence-corrected chi connectivity index (χ4v) is 4.15. The van der Waals surface area contributed by atoms with Gasteiger partial charge < -0.3 is 10.6 Å². The van der Waals surface area contributed by atoms with Crippen molar-refractivity contribution in [1.82, 2.24) is 15.5 Å². The van der Waals surface area contributed by atoms with Crippen molar-refractivity contribution >= 4 is 29.1 Å². The van der Waals surface area contributed by atoms with E-state index in [-0.39, 0.29) is 46.5 Å². The number of allylic oxidation sites excluding steroid dienone is 4. The number of carbonyl (C=O) groups is 2. The van der Waals surface area contributed by atoms with E-state index in [9.17, 15) is 18.8 Å². The number of H-pyrrole nitrogens is 1. The van der Waals surface area contributed by atoms with Crippen molar-refractivity contribution in [2.75, 3.05) is 5.32 Å². The Kier molecular flexibility index (Phi) is 6.05. The number of aryl methyl sites for hydroxylation is 1. The van der Waals surface area contributed by atoms with E-state index in [0.29, 0.717) is 23.2 Å². The zero-order valence-electron chi connectivity index (χ0n) is 17.1. The lowest BCUT2D eigenvalue weighted by atomic mass is 9.78. The Hall–Kier alpha value is -3.52. The Bertz CT molecular complexity index is 1250. The van der Waals surface area contributed by atoms with E-state index in [1.165, 1.54) is 24.5 Å². The van der Waals surface area contributed by atoms with Crippen LogP contribution in [0.3, 0.4) is 0 Å². The fourth-order valence-electron chi connectivity index (χ4n) is 3.91. The zero-order valence-corrected chi connectivity index (χ0v) is 17.9. The second kappa shape index (κ2) is 8.92. The molecule has 7 nitrogen and oxygen atoms in total. The molecule has 0 spiro atoms. The summed E-state index contributed by atoms with van der Waals surface area (Å²) in [5, 5.41) is 11.7. The Morgan fingerprint density at radius 3 is 2.84 bits per heavy atom. The number of aromatic nitrogens is 2. The summed E-state index contributed by atoms with van der Waals surface area (Å²) in [6.45, 7) is 1.82. The molecule has 0 saturated heterocycles. The summed E-state index contributed by atoms with van der Waals surface area (Å²) in [4.78, 5) is 37.4. The maximum absolute atomic E-state index is 13.4. The van der Waals surface area contributed by atoms with Crippen LogP contribution < -0.4 is 16.2 Å². The van der Waals surface area contributed by atoms with Gasteiger partial charge in [-0.1, -0.05) is 29.8 Å². The van der Waals surface area contributed by atoms with Crippen molar-refractivity contribution in [2.45, 2.75) is 19.8 Å². The van der Waals surface area contributed by atoms with Crippen molar-refractivity contribution < 1.29 is 14.0 Å². The van der Waals surface area contributed by atoms with Crippen LogP contribution in [0.2, 0.25) is 5.02 Å². The molecule has 2 unspecified atom stereocenters. The Morgan fingerprint density at radius 1 is 1.31 bits per heavy atom. The van der Waals surface area contributed by atoms with Crippen molar-refractivity contribution in [3.05, 3.63) is 81.2 Å². The molecule has 4 rings (SSSR count). The summed E-state index contributed by atoms with van der Waals surface area (Å²) in [6, 6.07) is 5.17. The van der Waals surface area contributed by atoms with Crippen molar-refractivity contribution in [3.8, 4) is 11.1 Å². The molecule has 164 valence electrons. The predicted octanol–water partition coefficient (Wildman–Crippen LogP) is 3.79. The summed E-state index contributed by atoms with van der Waals surface area (Å²) in [6.07, 6.45) is 7.80. The van der Waals surface area contributed by atoms with Gasteiger partial charge in [-0.05, 0) is 48.6 Å². The first-order valence-electron chi connectivity index (χ1n) is 10.0. The van der Waals surface area contributed by atoms with Crippen LogP contribution in [0.5, 0.6) is 0 Å². The maximum Gasteiger partial charge on any atom is 0.273 e. The molecule has 0 saturated carbocycles. The quantitative estimate of drug-likeness (QED) is 0.653. The molecule has 1 aliphatic heterocycles. The highest BCUT2D eigenvalue weighted by atomic mass is 35.5. The number of benzene rings is 1. The third kappa shape index (κ3) is 4.40. The van der Waals surface area contributed by atoms with Crippen molar-refractivity contribution in [2.24, 2.45) is 11.8 Å². The number of nitrogens with zero attached hydrogens (tertiary/aromatic N) is 1. The molecule has 3 N–H and O–H groups in total. The van der Waals surface area contributed by atoms with Crippen molar-refractivity contribution in [1.29, 1.82) is 0 Å². The second-order valence-electron chi connectivity index (χ2n) is 7.73. The van der Waals surface area contributed by atoms with Gasteiger partial charge in [-0.25, -0.2) is 9.49 Å². The van der Waals surface area contributed by atoms with Gasteiger partial charge in [0.05, 0.1) is 16.8 Å². The number of hydrogen-bond acceptors (Lipinski definition) is 4. The third-order valence-corrected chi connectivity index (χ3v) is 5.93. The van der Waals surface area contributed by atoms with Gasteiger partial charge in [-0.2, -0.15) is 5.10 Å². The molecule has 1 aromatic heterocycles. The van der Waals surface area contributed by atoms with Crippen LogP contribution in [-0.2, 0) is 9.59 Å². The van der Waals surface area contributed by atoms with Gasteiger partial charge in [-0.3, -0.25) is 14.4 Å². The minimum absolute atomic E-state index is 0.130. The molecule has 9 heteroatoms. The Labute approximate surface area is 188 Å². The SMILES string of the molecule is Cc1ccc(-c2c(Cl)cn[nH]c2=O)cc1NC(=O)C1=CNC(=O)CC1C1C=CC(F)=CC1. The normalized spacial score (nSPS) is 20.3. The van der Waals surface area contributed by atoms with Gasteiger partial charge in [-0.15, -0.1) is 0 Å². The number of aromatic amines is 1. The Balaban J connectivity index is 1.62. The number of hydrogen-bond donors (Lipinski definition) is 3. The van der Waals surface area contributed by atoms with Crippen LogP contribution >= 0.6 is 11.6 Å². The smallest absolute Gasteiger partial charge is 0.273 e. The highest BCUT2D eigenvalue weighted by Crippen LogP contribution is 2.34. The lowest BCUT2D eigenvalue weighted by Gasteiger charge is -2.29. The van der Waals surface area contributed by atoms with E-state index in [0.717, 1.165) is 5.56 Å². The van der Waals surface area contributed by atoms with Crippen LogP contribution in [-0.4, -0.2) is 22.0 Å². The largest absolute Gasteiger partial charge is 0.332 e. The predicted molar refractivity (Wildman–Crippen MR) is 119 cm³/mol. The molecule has 2 aliphatic rings. The number of anilines is 1. The molecule has 0 bridgehead atoms. The van der Waals surface area contributed by atoms with E-state index in [4.69, 9.17) is 11.6 Å². The van der Waals surface area contributed by atoms with Gasteiger partial charge >= 0.3 is 0 Å². The highest BCUT2D eigenvalue weighted by molar-refractivity contribution is 6.33. The van der Waals surface area contributed by atoms with E-state index in [1.54, 1.807) is 24.3 Å². The van der Waals surface area contributed by atoms with Gasteiger partial charge in [0.15, 0.2) is 0 Å². The van der Waals surface area contributed by atoms with E-state index >= 15 is 0 Å². The van der Waals surface area contributed by atoms with E-state index < -0.39 is 5.56 Å². The van der Waals surface area contributed by atoms with E-state index in [2.05, 4.69) is 20.8 Å². The molecule has 32 heavy (non-hydrogen) atoms. The lowest BCUT2D eigenvalue weighted by Crippen LogP contribution is -2.36. The molecule has 1 aromatic carbocycles. The first kappa shape index (κ1) is 21.7. The molecule has 2 heterocycles. The average molecular weight is 455 g/mol. The fraction of sp³-hybridized carbons (Fsp3) is 0.217. The summed E-state index contributed by atoms with van der Waals surface area (Å²) >= 11 is 6.16. The molecule has 2 aromatic rings. The zero-order chi connectivity index (χ0) is 22.8. The molecule has 2 atom stereocenters. The molecular formula is C23H20ClFN4O3.